The Morgan fingerprint density at radius 2 is 2.50 bits per heavy atom. The van der Waals surface area contributed by atoms with Gasteiger partial charge in [-0.05, 0) is 6.92 Å². The maximum absolute atomic E-state index is 9.70. The van der Waals surface area contributed by atoms with Crippen molar-refractivity contribution >= 4 is 17.7 Å². The summed E-state index contributed by atoms with van der Waals surface area (Å²) in [7, 11) is 0. The van der Waals surface area contributed by atoms with Gasteiger partial charge in [0.15, 0.2) is 0 Å². The smallest absolute Gasteiger partial charge is 0.284 e. The lowest BCUT2D eigenvalue weighted by molar-refractivity contribution is 0.424. The summed E-state index contributed by atoms with van der Waals surface area (Å²) in [5.41, 5.74) is 6.16. The molecule has 0 radical (unpaired) electrons. The minimum atomic E-state index is 0.0208. The fourth-order valence-corrected chi connectivity index (χ4v) is 0.487. The molecule has 2 N–H and O–H groups in total. The molecule has 10 heavy (non-hydrogen) atoms. The summed E-state index contributed by atoms with van der Waals surface area (Å²) >= 11 is 0. The lowest BCUT2D eigenvalue weighted by atomic mass is 10.4. The third-order valence-corrected chi connectivity index (χ3v) is 1.04. The molecule has 0 aromatic carbocycles. The fraction of sp³-hybridized carbons (Fsp3) is 0.200. The van der Waals surface area contributed by atoms with E-state index in [1.807, 2.05) is 0 Å². The molecule has 0 saturated carbocycles. The Morgan fingerprint density at radius 1 is 1.80 bits per heavy atom. The summed E-state index contributed by atoms with van der Waals surface area (Å²) in [6, 6.07) is 0. The van der Waals surface area contributed by atoms with Crippen molar-refractivity contribution < 1.29 is 9.32 Å². The molecule has 0 aliphatic rings. The van der Waals surface area contributed by atoms with Crippen molar-refractivity contribution in [1.29, 1.82) is 0 Å². The SMILES string of the molecule is Cc1noc(N=C=O)c1N. The largest absolute Gasteiger partial charge is 0.393 e. The van der Waals surface area contributed by atoms with Crippen molar-refractivity contribution in [2.45, 2.75) is 6.92 Å². The van der Waals surface area contributed by atoms with Crippen LogP contribution in [0.25, 0.3) is 0 Å². The fourth-order valence-electron chi connectivity index (χ4n) is 0.487. The normalized spacial score (nSPS) is 8.90. The summed E-state index contributed by atoms with van der Waals surface area (Å²) in [5.74, 6) is 0.0208. The first-order chi connectivity index (χ1) is 4.75. The van der Waals surface area contributed by atoms with E-state index in [0.29, 0.717) is 5.69 Å². The van der Waals surface area contributed by atoms with E-state index in [2.05, 4.69) is 14.7 Å². The Labute approximate surface area is 56.5 Å². The third-order valence-electron chi connectivity index (χ3n) is 1.04. The van der Waals surface area contributed by atoms with Crippen LogP contribution in [0.3, 0.4) is 0 Å². The Morgan fingerprint density at radius 3 is 2.90 bits per heavy atom. The quantitative estimate of drug-likeness (QED) is 0.454. The van der Waals surface area contributed by atoms with Gasteiger partial charge in [0, 0.05) is 0 Å². The highest BCUT2D eigenvalue weighted by molar-refractivity contribution is 5.61. The highest BCUT2D eigenvalue weighted by atomic mass is 16.5. The molecule has 0 spiro atoms. The van der Waals surface area contributed by atoms with E-state index in [9.17, 15) is 4.79 Å². The molecular weight excluding hydrogens is 134 g/mol. The van der Waals surface area contributed by atoms with Crippen molar-refractivity contribution in [2.24, 2.45) is 4.99 Å². The van der Waals surface area contributed by atoms with Crippen molar-refractivity contribution in [3.05, 3.63) is 5.69 Å². The van der Waals surface area contributed by atoms with Crippen LogP contribution < -0.4 is 5.73 Å². The molecule has 0 unspecified atom stereocenters. The van der Waals surface area contributed by atoms with Crippen LogP contribution in [-0.2, 0) is 4.79 Å². The number of hydrogen-bond donors (Lipinski definition) is 1. The van der Waals surface area contributed by atoms with Gasteiger partial charge in [-0.3, -0.25) is 0 Å². The third kappa shape index (κ3) is 0.897. The van der Waals surface area contributed by atoms with E-state index in [-0.39, 0.29) is 11.6 Å². The van der Waals surface area contributed by atoms with Crippen molar-refractivity contribution in [3.63, 3.8) is 0 Å². The Bertz CT molecular complexity index is 285. The molecule has 52 valence electrons. The predicted molar refractivity (Wildman–Crippen MR) is 33.4 cm³/mol. The lowest BCUT2D eigenvalue weighted by Crippen LogP contribution is -1.83. The Hall–Kier alpha value is -1.61. The van der Waals surface area contributed by atoms with Gasteiger partial charge in [0.25, 0.3) is 5.88 Å². The van der Waals surface area contributed by atoms with Crippen LogP contribution in [0.1, 0.15) is 5.69 Å². The van der Waals surface area contributed by atoms with E-state index in [1.54, 1.807) is 6.92 Å². The number of aryl methyl sites for hydroxylation is 1. The predicted octanol–water partition coefficient (Wildman–Crippen LogP) is 0.533. The zero-order valence-electron chi connectivity index (χ0n) is 5.29. The average Bonchev–Trinajstić information content (AvgIpc) is 2.20. The molecular formula is C5H5N3O2. The molecule has 1 aromatic heterocycles. The highest BCUT2D eigenvalue weighted by Crippen LogP contribution is 2.23. The molecule has 5 nitrogen and oxygen atoms in total. The van der Waals surface area contributed by atoms with Gasteiger partial charge in [0.2, 0.25) is 6.08 Å². The van der Waals surface area contributed by atoms with Gasteiger partial charge in [-0.2, -0.15) is 0 Å². The monoisotopic (exact) mass is 139 g/mol. The molecule has 1 heterocycles. The number of aromatic nitrogens is 1. The topological polar surface area (TPSA) is 81.5 Å². The maximum Gasteiger partial charge on any atom is 0.284 e. The number of carbonyl (C=O) groups excluding carboxylic acids is 1. The first-order valence-electron chi connectivity index (χ1n) is 2.55. The van der Waals surface area contributed by atoms with E-state index < -0.39 is 0 Å². The molecule has 0 bridgehead atoms. The number of hydrogen-bond acceptors (Lipinski definition) is 5. The molecule has 0 aliphatic carbocycles. The van der Waals surface area contributed by atoms with Gasteiger partial charge in [-0.15, -0.1) is 4.99 Å². The molecule has 0 fully saturated rings. The van der Waals surface area contributed by atoms with Gasteiger partial charge in [-0.25, -0.2) is 4.79 Å². The minimum Gasteiger partial charge on any atom is -0.393 e. The molecule has 5 heteroatoms. The van der Waals surface area contributed by atoms with Crippen LogP contribution in [0.15, 0.2) is 9.52 Å². The van der Waals surface area contributed by atoms with Gasteiger partial charge < -0.3 is 10.3 Å². The van der Waals surface area contributed by atoms with E-state index in [4.69, 9.17) is 5.73 Å². The van der Waals surface area contributed by atoms with Gasteiger partial charge in [-0.1, -0.05) is 5.16 Å². The zero-order valence-corrected chi connectivity index (χ0v) is 5.29. The van der Waals surface area contributed by atoms with Crippen LogP contribution in [0.5, 0.6) is 0 Å². The van der Waals surface area contributed by atoms with Crippen molar-refractivity contribution in [3.8, 4) is 0 Å². The maximum atomic E-state index is 9.70. The first kappa shape index (κ1) is 6.51. The Kier molecular flexibility index (Phi) is 1.51. The standard InChI is InChI=1S/C5H5N3O2/c1-3-4(6)5(7-2-9)10-8-3/h6H2,1H3. The summed E-state index contributed by atoms with van der Waals surface area (Å²) in [5, 5.41) is 3.46. The van der Waals surface area contributed by atoms with Crippen LogP contribution >= 0.6 is 0 Å². The number of aliphatic imine (C=N–C) groups is 1. The van der Waals surface area contributed by atoms with E-state index in [0.717, 1.165) is 0 Å². The number of rotatable bonds is 1. The van der Waals surface area contributed by atoms with Crippen LogP contribution in [-0.4, -0.2) is 11.2 Å². The zero-order chi connectivity index (χ0) is 7.56. The Balaban J connectivity index is 3.17. The molecule has 0 atom stereocenters. The average molecular weight is 139 g/mol. The summed E-state index contributed by atoms with van der Waals surface area (Å²) < 4.78 is 4.53. The van der Waals surface area contributed by atoms with Gasteiger partial charge in [0.1, 0.15) is 11.4 Å². The number of anilines is 1. The summed E-state index contributed by atoms with van der Waals surface area (Å²) in [4.78, 5) is 12.9. The second kappa shape index (κ2) is 2.33. The molecule has 0 amide bonds. The summed E-state index contributed by atoms with van der Waals surface area (Å²) in [6.07, 6.45) is 1.30. The molecule has 1 rings (SSSR count). The lowest BCUT2D eigenvalue weighted by Gasteiger charge is -1.81. The molecule has 1 aromatic rings. The first-order valence-corrected chi connectivity index (χ1v) is 2.55. The highest BCUT2D eigenvalue weighted by Gasteiger charge is 2.06. The molecule has 0 aliphatic heterocycles. The van der Waals surface area contributed by atoms with E-state index in [1.165, 1.54) is 6.08 Å². The van der Waals surface area contributed by atoms with Crippen molar-refractivity contribution in [2.75, 3.05) is 5.73 Å². The molecule has 0 saturated heterocycles. The van der Waals surface area contributed by atoms with Crippen LogP contribution in [0, 0.1) is 6.92 Å². The second-order valence-corrected chi connectivity index (χ2v) is 1.69. The minimum absolute atomic E-state index is 0.0208. The number of isocyanates is 1. The van der Waals surface area contributed by atoms with Crippen LogP contribution in [0.2, 0.25) is 0 Å². The van der Waals surface area contributed by atoms with Gasteiger partial charge >= 0.3 is 0 Å². The van der Waals surface area contributed by atoms with Crippen molar-refractivity contribution in [1.82, 2.24) is 5.16 Å². The van der Waals surface area contributed by atoms with Gasteiger partial charge in [0.05, 0.1) is 0 Å². The number of nitrogens with two attached hydrogens (primary N) is 1. The van der Waals surface area contributed by atoms with E-state index >= 15 is 0 Å². The number of nitrogen functional groups attached to an aromatic ring is 1. The second-order valence-electron chi connectivity index (χ2n) is 1.69. The number of nitrogens with zero attached hydrogens (tertiary/aromatic N) is 2. The summed E-state index contributed by atoms with van der Waals surface area (Å²) in [6.45, 7) is 1.66. The van der Waals surface area contributed by atoms with Crippen LogP contribution in [0.4, 0.5) is 11.6 Å².